The van der Waals surface area contributed by atoms with Gasteiger partial charge in [-0.25, -0.2) is 4.39 Å². The van der Waals surface area contributed by atoms with Crippen LogP contribution >= 0.6 is 34.8 Å². The van der Waals surface area contributed by atoms with E-state index in [1.165, 1.54) is 30.3 Å². The lowest BCUT2D eigenvalue weighted by atomic mass is 10.0. The van der Waals surface area contributed by atoms with Crippen molar-refractivity contribution in [3.05, 3.63) is 51.2 Å². The predicted octanol–water partition coefficient (Wildman–Crippen LogP) is 5.04. The Morgan fingerprint density at radius 1 is 0.941 bits per heavy atom. The third-order valence-corrected chi connectivity index (χ3v) is 3.11. The molecule has 2 aromatic rings. The highest BCUT2D eigenvalue weighted by atomic mass is 35.5. The zero-order valence-electron chi connectivity index (χ0n) is 8.48. The molecule has 17 heavy (non-hydrogen) atoms. The first-order valence-electron chi connectivity index (χ1n) is 4.69. The molecule has 0 bridgehead atoms. The lowest BCUT2D eigenvalue weighted by Gasteiger charge is -2.10. The molecule has 0 aromatic heterocycles. The molecule has 0 amide bonds. The van der Waals surface area contributed by atoms with Crippen molar-refractivity contribution in [3.63, 3.8) is 0 Å². The van der Waals surface area contributed by atoms with Crippen LogP contribution in [0.1, 0.15) is 0 Å². The van der Waals surface area contributed by atoms with Crippen molar-refractivity contribution in [1.82, 2.24) is 0 Å². The van der Waals surface area contributed by atoms with E-state index in [2.05, 4.69) is 0 Å². The molecule has 0 aliphatic carbocycles. The molecule has 1 nitrogen and oxygen atoms in total. The van der Waals surface area contributed by atoms with Gasteiger partial charge < -0.3 is 5.73 Å². The van der Waals surface area contributed by atoms with Crippen LogP contribution < -0.4 is 5.73 Å². The fraction of sp³-hybridized carbons (Fsp3) is 0. The summed E-state index contributed by atoms with van der Waals surface area (Å²) in [4.78, 5) is 0. The van der Waals surface area contributed by atoms with E-state index in [-0.39, 0.29) is 0 Å². The van der Waals surface area contributed by atoms with Crippen molar-refractivity contribution >= 4 is 40.5 Å². The minimum atomic E-state index is -0.406. The molecule has 2 aromatic carbocycles. The van der Waals surface area contributed by atoms with E-state index in [9.17, 15) is 4.39 Å². The van der Waals surface area contributed by atoms with Crippen LogP contribution in [0.3, 0.4) is 0 Å². The number of anilines is 1. The van der Waals surface area contributed by atoms with E-state index in [0.29, 0.717) is 31.9 Å². The molecule has 0 heterocycles. The normalized spacial score (nSPS) is 10.6. The maximum Gasteiger partial charge on any atom is 0.123 e. The summed E-state index contributed by atoms with van der Waals surface area (Å²) in [5, 5.41) is 1.08. The Kier molecular flexibility index (Phi) is 3.48. The highest BCUT2D eigenvalue weighted by Gasteiger charge is 2.13. The van der Waals surface area contributed by atoms with Gasteiger partial charge >= 0.3 is 0 Å². The Labute approximate surface area is 113 Å². The highest BCUT2D eigenvalue weighted by molar-refractivity contribution is 6.42. The van der Waals surface area contributed by atoms with E-state index in [1.807, 2.05) is 0 Å². The van der Waals surface area contributed by atoms with Crippen LogP contribution in [0, 0.1) is 5.82 Å². The van der Waals surface area contributed by atoms with Gasteiger partial charge in [0.2, 0.25) is 0 Å². The molecule has 88 valence electrons. The lowest BCUT2D eigenvalue weighted by Crippen LogP contribution is -1.92. The molecule has 0 unspecified atom stereocenters. The average Bonchev–Trinajstić information content (AvgIpc) is 2.21. The van der Waals surface area contributed by atoms with Gasteiger partial charge in [0.25, 0.3) is 0 Å². The molecule has 0 saturated heterocycles. The van der Waals surface area contributed by atoms with Crippen molar-refractivity contribution < 1.29 is 4.39 Å². The number of benzene rings is 2. The first kappa shape index (κ1) is 12.5. The summed E-state index contributed by atoms with van der Waals surface area (Å²) >= 11 is 17.9. The molecule has 2 rings (SSSR count). The standard InChI is InChI=1S/C12H7Cl3FN/c13-6-3-9(14)12(10(15)4-6)8-5-7(16)1-2-11(8)17/h1-5H,17H2. The second-order valence-electron chi connectivity index (χ2n) is 3.48. The molecule has 0 saturated carbocycles. The van der Waals surface area contributed by atoms with Gasteiger partial charge in [0.05, 0.1) is 10.0 Å². The van der Waals surface area contributed by atoms with E-state index < -0.39 is 5.82 Å². The van der Waals surface area contributed by atoms with Crippen LogP contribution in [-0.2, 0) is 0 Å². The molecule has 0 aliphatic rings. The van der Waals surface area contributed by atoms with Crippen molar-refractivity contribution in [2.75, 3.05) is 5.73 Å². The molecule has 0 fully saturated rings. The molecule has 2 N–H and O–H groups in total. The Bertz CT molecular complexity index is 561. The minimum absolute atomic E-state index is 0.333. The number of nitrogen functional groups attached to an aromatic ring is 1. The van der Waals surface area contributed by atoms with Gasteiger partial charge in [0.15, 0.2) is 0 Å². The second kappa shape index (κ2) is 4.73. The van der Waals surface area contributed by atoms with Crippen LogP contribution in [0.2, 0.25) is 15.1 Å². The van der Waals surface area contributed by atoms with Crippen LogP contribution in [0.15, 0.2) is 30.3 Å². The first-order valence-corrected chi connectivity index (χ1v) is 5.82. The Morgan fingerprint density at radius 2 is 1.53 bits per heavy atom. The van der Waals surface area contributed by atoms with Crippen LogP contribution in [0.4, 0.5) is 10.1 Å². The van der Waals surface area contributed by atoms with Crippen molar-refractivity contribution in [1.29, 1.82) is 0 Å². The third kappa shape index (κ3) is 2.49. The fourth-order valence-corrected chi connectivity index (χ4v) is 2.57. The monoisotopic (exact) mass is 289 g/mol. The maximum atomic E-state index is 13.2. The molecular weight excluding hydrogens is 283 g/mol. The van der Waals surface area contributed by atoms with E-state index in [4.69, 9.17) is 40.5 Å². The van der Waals surface area contributed by atoms with Gasteiger partial charge in [-0.2, -0.15) is 0 Å². The van der Waals surface area contributed by atoms with Crippen LogP contribution in [0.5, 0.6) is 0 Å². The fourth-order valence-electron chi connectivity index (χ4n) is 1.54. The van der Waals surface area contributed by atoms with Gasteiger partial charge in [0.1, 0.15) is 5.82 Å². The van der Waals surface area contributed by atoms with Gasteiger partial charge in [0, 0.05) is 21.8 Å². The zero-order valence-corrected chi connectivity index (χ0v) is 10.7. The second-order valence-corrected chi connectivity index (χ2v) is 4.73. The van der Waals surface area contributed by atoms with Gasteiger partial charge in [-0.3, -0.25) is 0 Å². The summed E-state index contributed by atoms with van der Waals surface area (Å²) in [6.07, 6.45) is 0. The van der Waals surface area contributed by atoms with Gasteiger partial charge in [-0.1, -0.05) is 34.8 Å². The van der Waals surface area contributed by atoms with Crippen molar-refractivity contribution in [3.8, 4) is 11.1 Å². The number of nitrogens with two attached hydrogens (primary N) is 1. The molecular formula is C12H7Cl3FN. The number of hydrogen-bond acceptors (Lipinski definition) is 1. The number of hydrogen-bond donors (Lipinski definition) is 1. The summed E-state index contributed by atoms with van der Waals surface area (Å²) in [6.45, 7) is 0. The van der Waals surface area contributed by atoms with E-state index in [0.717, 1.165) is 0 Å². The zero-order chi connectivity index (χ0) is 12.6. The van der Waals surface area contributed by atoms with Crippen molar-refractivity contribution in [2.24, 2.45) is 0 Å². The molecule has 0 atom stereocenters. The highest BCUT2D eigenvalue weighted by Crippen LogP contribution is 2.39. The Morgan fingerprint density at radius 3 is 2.12 bits per heavy atom. The summed E-state index contributed by atoms with van der Waals surface area (Å²) in [7, 11) is 0. The SMILES string of the molecule is Nc1ccc(F)cc1-c1c(Cl)cc(Cl)cc1Cl. The summed E-state index contributed by atoms with van der Waals surface area (Å²) in [5.41, 5.74) is 7.12. The van der Waals surface area contributed by atoms with Gasteiger partial charge in [-0.05, 0) is 30.3 Å². The summed E-state index contributed by atoms with van der Waals surface area (Å²) in [6, 6.07) is 7.10. The molecule has 5 heteroatoms. The maximum absolute atomic E-state index is 13.2. The number of halogens is 4. The third-order valence-electron chi connectivity index (χ3n) is 2.29. The Hall–Kier alpha value is -0.960. The summed E-state index contributed by atoms with van der Waals surface area (Å²) < 4.78 is 13.2. The van der Waals surface area contributed by atoms with E-state index >= 15 is 0 Å². The van der Waals surface area contributed by atoms with Gasteiger partial charge in [-0.15, -0.1) is 0 Å². The van der Waals surface area contributed by atoms with Crippen LogP contribution in [-0.4, -0.2) is 0 Å². The van der Waals surface area contributed by atoms with Crippen molar-refractivity contribution in [2.45, 2.75) is 0 Å². The molecule has 0 radical (unpaired) electrons. The number of rotatable bonds is 1. The Balaban J connectivity index is 2.72. The lowest BCUT2D eigenvalue weighted by molar-refractivity contribution is 0.628. The smallest absolute Gasteiger partial charge is 0.123 e. The van der Waals surface area contributed by atoms with Crippen LogP contribution in [0.25, 0.3) is 11.1 Å². The summed E-state index contributed by atoms with van der Waals surface area (Å²) in [5.74, 6) is -0.406. The predicted molar refractivity (Wildman–Crippen MR) is 71.3 cm³/mol. The molecule has 0 spiro atoms. The first-order chi connectivity index (χ1) is 7.99. The van der Waals surface area contributed by atoms with E-state index in [1.54, 1.807) is 0 Å². The largest absolute Gasteiger partial charge is 0.398 e. The quantitative estimate of drug-likeness (QED) is 0.732. The average molecular weight is 291 g/mol. The topological polar surface area (TPSA) is 26.0 Å². The minimum Gasteiger partial charge on any atom is -0.398 e. The molecule has 0 aliphatic heterocycles.